The van der Waals surface area contributed by atoms with Gasteiger partial charge in [-0.3, -0.25) is 10.2 Å². The topological polar surface area (TPSA) is 175 Å². The summed E-state index contributed by atoms with van der Waals surface area (Å²) in [5.41, 5.74) is 1.82. The van der Waals surface area contributed by atoms with Crippen LogP contribution >= 0.6 is 0 Å². The Kier molecular flexibility index (Phi) is 5.13. The van der Waals surface area contributed by atoms with E-state index in [-0.39, 0.29) is 35.8 Å². The average Bonchev–Trinajstić information content (AvgIpc) is 3.20. The van der Waals surface area contributed by atoms with E-state index in [4.69, 9.17) is 28.9 Å². The summed E-state index contributed by atoms with van der Waals surface area (Å²) < 4.78 is 21.5. The number of hydrogen-bond donors (Lipinski definition) is 2. The molecule has 0 radical (unpaired) electrons. The predicted octanol–water partition coefficient (Wildman–Crippen LogP) is 1.65. The molecule has 2 amide bonds. The maximum absolute atomic E-state index is 13.1. The van der Waals surface area contributed by atoms with Crippen LogP contribution in [0.15, 0.2) is 24.3 Å². The minimum Gasteiger partial charge on any atom is -0.464 e. The second-order valence-corrected chi connectivity index (χ2v) is 9.28. The zero-order valence-electron chi connectivity index (χ0n) is 20.6. The van der Waals surface area contributed by atoms with Gasteiger partial charge < -0.3 is 24.1 Å². The molecule has 14 nitrogen and oxygen atoms in total. The van der Waals surface area contributed by atoms with Gasteiger partial charge in [0.25, 0.3) is 0 Å². The molecule has 1 aromatic carbocycles. The lowest BCUT2D eigenvalue weighted by atomic mass is 10.0. The molecule has 0 spiro atoms. The van der Waals surface area contributed by atoms with Gasteiger partial charge in [-0.2, -0.15) is 0 Å². The molecule has 3 aliphatic rings. The molecule has 3 aromatic heterocycles. The smallest absolute Gasteiger partial charge is 0.356 e. The van der Waals surface area contributed by atoms with Crippen molar-refractivity contribution >= 4 is 56.6 Å². The number of rotatable bonds is 2. The number of nitrogens with zero attached hydrogens (tertiary/aromatic N) is 5. The molecule has 39 heavy (non-hydrogen) atoms. The number of nitrogens with one attached hydrogen (secondary N) is 1. The monoisotopic (exact) mass is 532 g/mol. The van der Waals surface area contributed by atoms with Crippen molar-refractivity contribution in [2.75, 3.05) is 26.1 Å². The molecule has 4 aromatic rings. The second-order valence-electron chi connectivity index (χ2n) is 9.28. The van der Waals surface area contributed by atoms with Gasteiger partial charge in [0.2, 0.25) is 0 Å². The Morgan fingerprint density at radius 3 is 2.15 bits per heavy atom. The number of benzene rings is 1. The van der Waals surface area contributed by atoms with Crippen molar-refractivity contribution in [3.05, 3.63) is 41.3 Å². The summed E-state index contributed by atoms with van der Waals surface area (Å²) >= 11 is 0. The summed E-state index contributed by atoms with van der Waals surface area (Å²) in [5.74, 6) is -1.09. The van der Waals surface area contributed by atoms with Gasteiger partial charge in [0.05, 0.1) is 43.5 Å². The van der Waals surface area contributed by atoms with Crippen LogP contribution < -0.4 is 5.32 Å². The van der Waals surface area contributed by atoms with E-state index in [1.807, 2.05) is 0 Å². The van der Waals surface area contributed by atoms with Crippen LogP contribution in [-0.4, -0.2) is 87.2 Å². The highest BCUT2D eigenvalue weighted by molar-refractivity contribution is 6.21. The van der Waals surface area contributed by atoms with E-state index in [1.165, 1.54) is 31.3 Å². The minimum absolute atomic E-state index is 0.0369. The number of pyridine rings is 2. The van der Waals surface area contributed by atoms with Crippen molar-refractivity contribution in [3.8, 4) is 0 Å². The van der Waals surface area contributed by atoms with Crippen LogP contribution in [0.4, 0.5) is 10.6 Å². The predicted molar refractivity (Wildman–Crippen MR) is 132 cm³/mol. The van der Waals surface area contributed by atoms with E-state index in [9.17, 15) is 19.5 Å². The van der Waals surface area contributed by atoms with Gasteiger partial charge in [0.1, 0.15) is 34.9 Å². The fraction of sp³-hybridized carbons (Fsp3) is 0.320. The summed E-state index contributed by atoms with van der Waals surface area (Å²) in [6.07, 6.45) is -2.66. The van der Waals surface area contributed by atoms with Crippen molar-refractivity contribution < 1.29 is 38.4 Å². The number of ether oxygens (including phenoxy) is 4. The van der Waals surface area contributed by atoms with Crippen molar-refractivity contribution in [1.29, 1.82) is 0 Å². The third-order valence-electron chi connectivity index (χ3n) is 7.12. The maximum Gasteiger partial charge on any atom is 0.356 e. The van der Waals surface area contributed by atoms with E-state index in [1.54, 1.807) is 12.1 Å². The van der Waals surface area contributed by atoms with Gasteiger partial charge in [-0.1, -0.05) is 0 Å². The number of methoxy groups -OCH3 is 2. The van der Waals surface area contributed by atoms with Crippen LogP contribution in [-0.2, 0) is 18.9 Å². The van der Waals surface area contributed by atoms with Crippen LogP contribution in [0.5, 0.6) is 0 Å². The SMILES string of the molecule is COC(=O)c1ccc2c(n1)c1nc(C(=O)OC)ccc1c1nc3c(nc21)NC(=O)N1[C@@H]3OC[C@H]2O[C@@H]1C[C@@H]2O. The molecule has 14 heteroatoms. The first-order valence-electron chi connectivity index (χ1n) is 12.0. The summed E-state index contributed by atoms with van der Waals surface area (Å²) in [5, 5.41) is 14.0. The van der Waals surface area contributed by atoms with Crippen molar-refractivity contribution in [3.63, 3.8) is 0 Å². The van der Waals surface area contributed by atoms with Gasteiger partial charge in [-0.05, 0) is 24.3 Å². The molecular formula is C25H20N6O8. The highest BCUT2D eigenvalue weighted by Crippen LogP contribution is 2.42. The van der Waals surface area contributed by atoms with Crippen molar-refractivity contribution in [1.82, 2.24) is 24.8 Å². The molecule has 6 heterocycles. The number of carbonyl (C=O) groups is 3. The molecule has 0 aliphatic carbocycles. The molecule has 3 aliphatic heterocycles. The molecular weight excluding hydrogens is 512 g/mol. The molecule has 7 rings (SSSR count). The summed E-state index contributed by atoms with van der Waals surface area (Å²) in [6.45, 7) is 0.0635. The number of amides is 2. The molecule has 0 unspecified atom stereocenters. The van der Waals surface area contributed by atoms with E-state index < -0.39 is 42.6 Å². The van der Waals surface area contributed by atoms with Gasteiger partial charge in [-0.25, -0.2) is 34.3 Å². The highest BCUT2D eigenvalue weighted by atomic mass is 16.6. The zero-order chi connectivity index (χ0) is 27.0. The number of anilines is 1. The Morgan fingerprint density at radius 1 is 0.949 bits per heavy atom. The van der Waals surface area contributed by atoms with Crippen molar-refractivity contribution in [2.24, 2.45) is 0 Å². The number of aromatic nitrogens is 4. The number of hydrogen-bond acceptors (Lipinski definition) is 12. The van der Waals surface area contributed by atoms with Crippen LogP contribution in [0.2, 0.25) is 0 Å². The number of esters is 2. The first-order valence-corrected chi connectivity index (χ1v) is 12.0. The third-order valence-corrected chi connectivity index (χ3v) is 7.12. The van der Waals surface area contributed by atoms with Crippen LogP contribution in [0.3, 0.4) is 0 Å². The van der Waals surface area contributed by atoms with Crippen LogP contribution in [0, 0.1) is 0 Å². The molecule has 2 fully saturated rings. The zero-order valence-corrected chi connectivity index (χ0v) is 20.6. The van der Waals surface area contributed by atoms with E-state index in [0.29, 0.717) is 33.0 Å². The summed E-state index contributed by atoms with van der Waals surface area (Å²) in [4.78, 5) is 57.6. The quantitative estimate of drug-likeness (QED) is 0.282. The molecule has 4 atom stereocenters. The second kappa shape index (κ2) is 8.49. The van der Waals surface area contributed by atoms with Gasteiger partial charge in [0, 0.05) is 17.2 Å². The number of fused-ring (bicyclic) bond motifs is 12. The van der Waals surface area contributed by atoms with E-state index in [0.717, 1.165) is 0 Å². The van der Waals surface area contributed by atoms with Gasteiger partial charge in [0.15, 0.2) is 12.0 Å². The molecule has 198 valence electrons. The minimum atomic E-state index is -0.902. The lowest BCUT2D eigenvalue weighted by molar-refractivity contribution is -0.0702. The molecule has 2 saturated heterocycles. The lowest BCUT2D eigenvalue weighted by Gasteiger charge is -2.37. The maximum atomic E-state index is 13.1. The average molecular weight is 532 g/mol. The molecule has 0 saturated carbocycles. The number of urea groups is 1. The normalized spacial score (nSPS) is 23.8. The number of aliphatic hydroxyl groups excluding tert-OH is 1. The first-order chi connectivity index (χ1) is 18.9. The Hall–Kier alpha value is -4.53. The fourth-order valence-corrected chi connectivity index (χ4v) is 5.25. The Balaban J connectivity index is 1.50. The highest BCUT2D eigenvalue weighted by Gasteiger charge is 2.49. The fourth-order valence-electron chi connectivity index (χ4n) is 5.25. The Bertz CT molecular complexity index is 1750. The van der Waals surface area contributed by atoms with Gasteiger partial charge in [-0.15, -0.1) is 0 Å². The van der Waals surface area contributed by atoms with Crippen LogP contribution in [0.1, 0.15) is 39.3 Å². The van der Waals surface area contributed by atoms with E-state index in [2.05, 4.69) is 15.3 Å². The first kappa shape index (κ1) is 23.6. The summed E-state index contributed by atoms with van der Waals surface area (Å²) in [6, 6.07) is 5.77. The lowest BCUT2D eigenvalue weighted by Crippen LogP contribution is -2.49. The largest absolute Gasteiger partial charge is 0.464 e. The molecule has 2 N–H and O–H groups in total. The third kappa shape index (κ3) is 3.42. The number of aliphatic hydroxyl groups is 1. The van der Waals surface area contributed by atoms with E-state index >= 15 is 0 Å². The summed E-state index contributed by atoms with van der Waals surface area (Å²) in [7, 11) is 2.50. The van der Waals surface area contributed by atoms with Gasteiger partial charge >= 0.3 is 18.0 Å². The number of carbonyl (C=O) groups excluding carboxylic acids is 3. The Morgan fingerprint density at radius 2 is 1.54 bits per heavy atom. The van der Waals surface area contributed by atoms with Crippen molar-refractivity contribution in [2.45, 2.75) is 31.1 Å². The van der Waals surface area contributed by atoms with Crippen LogP contribution in [0.25, 0.3) is 32.8 Å². The Labute approximate surface area is 218 Å². The standard InChI is InChI=1S/C25H20N6O8/c1-36-23(33)11-5-3-9-16(26-11)17-10(4-6-12(27-17)24(34)37-2)19-18(9)28-20-21(29-19)30-25(35)31-15-7-13(32)14(39-15)8-38-22(20)31/h3-6,13-15,22,32H,7-8H2,1-2H3,(H,29,30,35)/t13-,14+,15+,22+/m0/s1. The molecule has 2 bridgehead atoms.